The van der Waals surface area contributed by atoms with Crippen molar-refractivity contribution in [3.8, 4) is 11.5 Å². The monoisotopic (exact) mass is 300 g/mol. The van der Waals surface area contributed by atoms with Gasteiger partial charge in [-0.3, -0.25) is 4.79 Å². The molecular weight excluding hydrogens is 280 g/mol. The molecule has 0 aliphatic heterocycles. The quantitative estimate of drug-likeness (QED) is 0.803. The van der Waals surface area contributed by atoms with E-state index >= 15 is 0 Å². The summed E-state index contributed by atoms with van der Waals surface area (Å²) in [5, 5.41) is 2.83. The molecule has 0 spiro atoms. The molecule has 0 bridgehead atoms. The van der Waals surface area contributed by atoms with Crippen LogP contribution in [0.3, 0.4) is 0 Å². The summed E-state index contributed by atoms with van der Waals surface area (Å²) in [4.78, 5) is 12.4. The molecule has 2 aromatic carbocycles. The zero-order valence-electron chi connectivity index (χ0n) is 12.8. The smallest absolute Gasteiger partial charge is 0.259 e. The molecule has 0 fully saturated rings. The molecule has 0 saturated carbocycles. The highest BCUT2D eigenvalue weighted by atomic mass is 16.5. The molecule has 3 N–H and O–H groups in total. The summed E-state index contributed by atoms with van der Waals surface area (Å²) >= 11 is 0. The Bertz CT molecular complexity index is 656. The van der Waals surface area contributed by atoms with Crippen LogP contribution in [-0.2, 0) is 0 Å². The Morgan fingerprint density at radius 2 is 1.73 bits per heavy atom. The van der Waals surface area contributed by atoms with Gasteiger partial charge in [0.25, 0.3) is 5.91 Å². The predicted molar refractivity (Wildman–Crippen MR) is 87.6 cm³/mol. The van der Waals surface area contributed by atoms with E-state index in [2.05, 4.69) is 5.32 Å². The lowest BCUT2D eigenvalue weighted by Gasteiger charge is -2.12. The normalized spacial score (nSPS) is 10.1. The summed E-state index contributed by atoms with van der Waals surface area (Å²) in [6, 6.07) is 12.3. The number of hydrogen-bond donors (Lipinski definition) is 2. The Balaban J connectivity index is 2.20. The first-order valence-electron chi connectivity index (χ1n) is 7.21. The standard InChI is InChI=1S/C17H20N2O3/c1-3-21-15-8-6-5-7-13(15)17(20)19-12-9-10-14(18)16(11-12)22-4-2/h5-11H,3-4,18H2,1-2H3,(H,19,20). The molecular formula is C17H20N2O3. The van der Waals surface area contributed by atoms with Crippen molar-refractivity contribution in [2.24, 2.45) is 0 Å². The number of carbonyl (C=O) groups is 1. The fourth-order valence-electron chi connectivity index (χ4n) is 2.03. The predicted octanol–water partition coefficient (Wildman–Crippen LogP) is 3.32. The third kappa shape index (κ3) is 3.69. The first-order valence-corrected chi connectivity index (χ1v) is 7.21. The second-order valence-electron chi connectivity index (χ2n) is 4.57. The van der Waals surface area contributed by atoms with Gasteiger partial charge in [0.2, 0.25) is 0 Å². The lowest BCUT2D eigenvalue weighted by atomic mass is 10.1. The molecule has 0 aromatic heterocycles. The Morgan fingerprint density at radius 3 is 2.45 bits per heavy atom. The topological polar surface area (TPSA) is 73.6 Å². The fourth-order valence-corrected chi connectivity index (χ4v) is 2.03. The zero-order chi connectivity index (χ0) is 15.9. The van der Waals surface area contributed by atoms with Crippen LogP contribution in [-0.4, -0.2) is 19.1 Å². The largest absolute Gasteiger partial charge is 0.493 e. The number of benzene rings is 2. The van der Waals surface area contributed by atoms with Crippen LogP contribution in [0.4, 0.5) is 11.4 Å². The van der Waals surface area contributed by atoms with Crippen LogP contribution in [0.2, 0.25) is 0 Å². The Morgan fingerprint density at radius 1 is 1.05 bits per heavy atom. The molecule has 2 aromatic rings. The highest BCUT2D eigenvalue weighted by Gasteiger charge is 2.13. The second-order valence-corrected chi connectivity index (χ2v) is 4.57. The van der Waals surface area contributed by atoms with Crippen LogP contribution < -0.4 is 20.5 Å². The highest BCUT2D eigenvalue weighted by molar-refractivity contribution is 6.06. The third-order valence-corrected chi connectivity index (χ3v) is 3.00. The van der Waals surface area contributed by atoms with E-state index in [-0.39, 0.29) is 5.91 Å². The van der Waals surface area contributed by atoms with Crippen molar-refractivity contribution in [2.75, 3.05) is 24.3 Å². The van der Waals surface area contributed by atoms with Crippen molar-refractivity contribution >= 4 is 17.3 Å². The molecule has 22 heavy (non-hydrogen) atoms. The van der Waals surface area contributed by atoms with Crippen molar-refractivity contribution in [1.29, 1.82) is 0 Å². The third-order valence-electron chi connectivity index (χ3n) is 3.00. The van der Waals surface area contributed by atoms with Gasteiger partial charge in [-0.25, -0.2) is 0 Å². The van der Waals surface area contributed by atoms with Gasteiger partial charge < -0.3 is 20.5 Å². The SMILES string of the molecule is CCOc1cc(NC(=O)c2ccccc2OCC)ccc1N. The van der Waals surface area contributed by atoms with Gasteiger partial charge in [-0.05, 0) is 38.1 Å². The summed E-state index contributed by atoms with van der Waals surface area (Å²) in [6.07, 6.45) is 0. The molecule has 0 unspecified atom stereocenters. The second kappa shape index (κ2) is 7.36. The first kappa shape index (κ1) is 15.7. The summed E-state index contributed by atoms with van der Waals surface area (Å²) < 4.78 is 10.9. The minimum Gasteiger partial charge on any atom is -0.493 e. The van der Waals surface area contributed by atoms with Crippen LogP contribution in [0.25, 0.3) is 0 Å². The number of rotatable bonds is 6. The van der Waals surface area contributed by atoms with Gasteiger partial charge in [-0.2, -0.15) is 0 Å². The van der Waals surface area contributed by atoms with Crippen LogP contribution in [0.15, 0.2) is 42.5 Å². The van der Waals surface area contributed by atoms with Gasteiger partial charge in [0, 0.05) is 11.8 Å². The van der Waals surface area contributed by atoms with Crippen molar-refractivity contribution in [2.45, 2.75) is 13.8 Å². The molecule has 0 heterocycles. The average Bonchev–Trinajstić information content (AvgIpc) is 2.51. The number of nitrogens with two attached hydrogens (primary N) is 1. The van der Waals surface area contributed by atoms with Gasteiger partial charge in [0.05, 0.1) is 24.5 Å². The van der Waals surface area contributed by atoms with Crippen LogP contribution in [0, 0.1) is 0 Å². The van der Waals surface area contributed by atoms with Crippen molar-refractivity contribution in [3.05, 3.63) is 48.0 Å². The van der Waals surface area contributed by atoms with Gasteiger partial charge in [-0.15, -0.1) is 0 Å². The Labute approximate surface area is 130 Å². The van der Waals surface area contributed by atoms with E-state index in [0.717, 1.165) is 0 Å². The number of para-hydroxylation sites is 1. The lowest BCUT2D eigenvalue weighted by Crippen LogP contribution is -2.14. The van der Waals surface area contributed by atoms with Gasteiger partial charge in [-0.1, -0.05) is 12.1 Å². The van der Waals surface area contributed by atoms with Crippen LogP contribution in [0.1, 0.15) is 24.2 Å². The summed E-state index contributed by atoms with van der Waals surface area (Å²) in [7, 11) is 0. The minimum atomic E-state index is -0.240. The summed E-state index contributed by atoms with van der Waals surface area (Å²) in [6.45, 7) is 4.77. The summed E-state index contributed by atoms with van der Waals surface area (Å²) in [5.74, 6) is 0.873. The van der Waals surface area contributed by atoms with Gasteiger partial charge >= 0.3 is 0 Å². The number of ether oxygens (including phenoxy) is 2. The summed E-state index contributed by atoms with van der Waals surface area (Å²) in [5.41, 5.74) is 7.46. The van der Waals surface area contributed by atoms with E-state index in [1.807, 2.05) is 19.9 Å². The molecule has 116 valence electrons. The molecule has 1 amide bonds. The molecule has 5 heteroatoms. The number of anilines is 2. The van der Waals surface area contributed by atoms with Gasteiger partial charge in [0.15, 0.2) is 0 Å². The maximum absolute atomic E-state index is 12.4. The van der Waals surface area contributed by atoms with Crippen LogP contribution in [0.5, 0.6) is 11.5 Å². The maximum atomic E-state index is 12.4. The number of nitrogen functional groups attached to an aromatic ring is 1. The number of nitrogens with one attached hydrogen (secondary N) is 1. The van der Waals surface area contributed by atoms with E-state index in [0.29, 0.717) is 41.7 Å². The van der Waals surface area contributed by atoms with E-state index < -0.39 is 0 Å². The van der Waals surface area contributed by atoms with Crippen molar-refractivity contribution in [1.82, 2.24) is 0 Å². The molecule has 5 nitrogen and oxygen atoms in total. The molecule has 2 rings (SSSR count). The lowest BCUT2D eigenvalue weighted by molar-refractivity contribution is 0.102. The molecule has 0 aliphatic rings. The number of carbonyl (C=O) groups excluding carboxylic acids is 1. The number of amides is 1. The number of hydrogen-bond acceptors (Lipinski definition) is 4. The van der Waals surface area contributed by atoms with E-state index in [4.69, 9.17) is 15.2 Å². The molecule has 0 aliphatic carbocycles. The fraction of sp³-hybridized carbons (Fsp3) is 0.235. The molecule has 0 saturated heterocycles. The highest BCUT2D eigenvalue weighted by Crippen LogP contribution is 2.26. The van der Waals surface area contributed by atoms with E-state index in [1.54, 1.807) is 36.4 Å². The zero-order valence-corrected chi connectivity index (χ0v) is 12.8. The van der Waals surface area contributed by atoms with Crippen molar-refractivity contribution in [3.63, 3.8) is 0 Å². The average molecular weight is 300 g/mol. The Kier molecular flexibility index (Phi) is 5.25. The molecule has 0 atom stereocenters. The first-order chi connectivity index (χ1) is 10.7. The molecule has 0 radical (unpaired) electrons. The maximum Gasteiger partial charge on any atom is 0.259 e. The van der Waals surface area contributed by atoms with E-state index in [9.17, 15) is 4.79 Å². The van der Waals surface area contributed by atoms with Gasteiger partial charge in [0.1, 0.15) is 11.5 Å². The van der Waals surface area contributed by atoms with Crippen molar-refractivity contribution < 1.29 is 14.3 Å². The van der Waals surface area contributed by atoms with Crippen LogP contribution >= 0.6 is 0 Å². The minimum absolute atomic E-state index is 0.240. The van der Waals surface area contributed by atoms with E-state index in [1.165, 1.54) is 0 Å². The Hall–Kier alpha value is -2.69.